The number of amides is 8. The SMILES string of the molecule is C[C@H](NC(=O)CNC(=O)[C@H](CC(=O)O)NCCNc1ccc(NCCN[C@@H](CC(=O)O)C(=O)NCC(=O)N[C@@H](C)C(=O)N2CCC[C@H]2C(N)=O)c2c1C(=O)c1c(O)ccc(O)c1C2=O)C(=O)N1CCC[C@H]1C(N)=O. The summed E-state index contributed by atoms with van der Waals surface area (Å²) in [5, 5.41) is 61.3. The van der Waals surface area contributed by atoms with Gasteiger partial charge in [0.05, 0.1) is 60.3 Å². The lowest BCUT2D eigenvalue weighted by molar-refractivity contribution is -0.141. The number of aromatic hydroxyl groups is 2. The van der Waals surface area contributed by atoms with Gasteiger partial charge in [-0.25, -0.2) is 0 Å². The number of phenolic OH excluding ortho intramolecular Hbond substituents is 2. The molecule has 2 aromatic rings. The van der Waals surface area contributed by atoms with Crippen molar-refractivity contribution in [3.8, 4) is 11.5 Å². The number of carboxylic acids is 2. The number of hydrogen-bond donors (Lipinski definition) is 14. The number of carboxylic acid groups (broad SMARTS) is 2. The fourth-order valence-corrected chi connectivity index (χ4v) is 8.85. The number of benzene rings is 2. The molecule has 0 aromatic heterocycles. The van der Waals surface area contributed by atoms with E-state index in [4.69, 9.17) is 11.5 Å². The van der Waals surface area contributed by atoms with Crippen LogP contribution in [0.2, 0.25) is 0 Å². The fourth-order valence-electron chi connectivity index (χ4n) is 8.85. The zero-order chi connectivity index (χ0) is 54.6. The molecule has 28 heteroatoms. The molecule has 400 valence electrons. The second-order valence-electron chi connectivity index (χ2n) is 17.7. The minimum Gasteiger partial charge on any atom is -0.507 e. The van der Waals surface area contributed by atoms with E-state index in [1.54, 1.807) is 0 Å². The molecule has 0 spiro atoms. The van der Waals surface area contributed by atoms with E-state index in [1.165, 1.54) is 35.8 Å². The van der Waals surface area contributed by atoms with Gasteiger partial charge in [-0.3, -0.25) is 57.5 Å². The van der Waals surface area contributed by atoms with Gasteiger partial charge in [0.1, 0.15) is 35.7 Å². The molecule has 2 heterocycles. The molecule has 6 atom stereocenters. The first-order valence-corrected chi connectivity index (χ1v) is 23.5. The molecule has 8 amide bonds. The number of ketones is 2. The van der Waals surface area contributed by atoms with Crippen LogP contribution in [0.25, 0.3) is 0 Å². The van der Waals surface area contributed by atoms with Gasteiger partial charge in [0.2, 0.25) is 58.8 Å². The lowest BCUT2D eigenvalue weighted by atomic mass is 9.81. The van der Waals surface area contributed by atoms with E-state index in [0.29, 0.717) is 25.7 Å². The normalized spacial score (nSPS) is 17.4. The number of nitrogens with two attached hydrogens (primary N) is 2. The number of hydrogen-bond acceptors (Lipinski definition) is 18. The summed E-state index contributed by atoms with van der Waals surface area (Å²) in [6.45, 7) is 1.54. The third kappa shape index (κ3) is 14.0. The Balaban J connectivity index is 1.20. The van der Waals surface area contributed by atoms with E-state index in [1.807, 2.05) is 0 Å². The summed E-state index contributed by atoms with van der Waals surface area (Å²) < 4.78 is 0. The molecule has 2 aromatic carbocycles. The number of primary amides is 2. The third-order valence-corrected chi connectivity index (χ3v) is 12.4. The van der Waals surface area contributed by atoms with E-state index < -0.39 is 156 Å². The smallest absolute Gasteiger partial charge is 0.305 e. The maximum absolute atomic E-state index is 14.1. The van der Waals surface area contributed by atoms with Crippen molar-refractivity contribution in [3.05, 3.63) is 46.5 Å². The molecule has 5 rings (SSSR count). The van der Waals surface area contributed by atoms with Crippen molar-refractivity contribution in [3.63, 3.8) is 0 Å². The van der Waals surface area contributed by atoms with Crippen molar-refractivity contribution in [1.82, 2.24) is 41.7 Å². The maximum atomic E-state index is 14.1. The molecule has 0 saturated carbocycles. The molecule has 2 aliphatic heterocycles. The van der Waals surface area contributed by atoms with Crippen molar-refractivity contribution in [2.75, 3.05) is 63.0 Å². The number of anilines is 2. The zero-order valence-electron chi connectivity index (χ0n) is 40.4. The highest BCUT2D eigenvalue weighted by Crippen LogP contribution is 2.42. The molecular weight excluding hydrogens is 977 g/mol. The molecule has 28 nitrogen and oxygen atoms in total. The molecule has 16 N–H and O–H groups in total. The molecular formula is C46H60N12O16. The van der Waals surface area contributed by atoms with E-state index in [0.717, 1.165) is 12.1 Å². The molecule has 74 heavy (non-hydrogen) atoms. The quantitative estimate of drug-likeness (QED) is 0.0267. The Bertz CT molecular complexity index is 2420. The van der Waals surface area contributed by atoms with Crippen LogP contribution in [-0.2, 0) is 47.9 Å². The predicted octanol–water partition coefficient (Wildman–Crippen LogP) is -4.24. The summed E-state index contributed by atoms with van der Waals surface area (Å²) in [6.07, 6.45) is 0.404. The Labute approximate surface area is 422 Å². The zero-order valence-corrected chi connectivity index (χ0v) is 40.4. The molecule has 2 fully saturated rings. The summed E-state index contributed by atoms with van der Waals surface area (Å²) in [7, 11) is 0. The number of likely N-dealkylation sites (tertiary alicyclic amines) is 2. The topological polar surface area (TPSA) is 441 Å². The van der Waals surface area contributed by atoms with Gasteiger partial charge in [0.25, 0.3) is 0 Å². The van der Waals surface area contributed by atoms with Crippen LogP contribution in [-0.4, -0.2) is 190 Å². The first kappa shape index (κ1) is 56.5. The van der Waals surface area contributed by atoms with Gasteiger partial charge < -0.3 is 84.2 Å². The fraction of sp³-hybridized carbons (Fsp3) is 0.478. The van der Waals surface area contributed by atoms with Crippen LogP contribution in [0.4, 0.5) is 11.4 Å². The molecule has 0 unspecified atom stereocenters. The number of carbonyl (C=O) groups is 12. The number of phenols is 2. The van der Waals surface area contributed by atoms with Crippen LogP contribution in [0.5, 0.6) is 11.5 Å². The van der Waals surface area contributed by atoms with Gasteiger partial charge in [-0.05, 0) is 63.8 Å². The lowest BCUT2D eigenvalue weighted by Gasteiger charge is -2.26. The first-order chi connectivity index (χ1) is 35.0. The van der Waals surface area contributed by atoms with Crippen molar-refractivity contribution in [1.29, 1.82) is 0 Å². The summed E-state index contributed by atoms with van der Waals surface area (Å²) in [4.78, 5) is 155. The molecule has 0 radical (unpaired) electrons. The van der Waals surface area contributed by atoms with Crippen molar-refractivity contribution >= 4 is 82.1 Å². The molecule has 0 bridgehead atoms. The van der Waals surface area contributed by atoms with Crippen molar-refractivity contribution < 1.29 is 78.0 Å². The van der Waals surface area contributed by atoms with Gasteiger partial charge in [-0.15, -0.1) is 0 Å². The average molecular weight is 1040 g/mol. The predicted molar refractivity (Wildman–Crippen MR) is 257 cm³/mol. The Morgan fingerprint density at radius 1 is 0.581 bits per heavy atom. The van der Waals surface area contributed by atoms with Gasteiger partial charge in [-0.1, -0.05) is 0 Å². The molecule has 2 saturated heterocycles. The Morgan fingerprint density at radius 2 is 0.946 bits per heavy atom. The van der Waals surface area contributed by atoms with Crippen LogP contribution in [0, 0.1) is 0 Å². The van der Waals surface area contributed by atoms with E-state index in [-0.39, 0.29) is 61.8 Å². The summed E-state index contributed by atoms with van der Waals surface area (Å²) >= 11 is 0. The summed E-state index contributed by atoms with van der Waals surface area (Å²) in [6, 6.07) is -1.71. The van der Waals surface area contributed by atoms with E-state index >= 15 is 0 Å². The van der Waals surface area contributed by atoms with Crippen LogP contribution >= 0.6 is 0 Å². The number of carbonyl (C=O) groups excluding carboxylic acids is 10. The van der Waals surface area contributed by atoms with Gasteiger partial charge in [0.15, 0.2) is 0 Å². The highest BCUT2D eigenvalue weighted by atomic mass is 16.4. The second-order valence-corrected chi connectivity index (χ2v) is 17.7. The van der Waals surface area contributed by atoms with Gasteiger partial charge in [0, 0.05) is 50.6 Å². The third-order valence-electron chi connectivity index (χ3n) is 12.4. The molecule has 1 aliphatic carbocycles. The van der Waals surface area contributed by atoms with Crippen LogP contribution in [0.3, 0.4) is 0 Å². The number of fused-ring (bicyclic) bond motifs is 2. The van der Waals surface area contributed by atoms with Crippen LogP contribution < -0.4 is 54.0 Å². The Kier molecular flexibility index (Phi) is 19.3. The largest absolute Gasteiger partial charge is 0.507 e. The van der Waals surface area contributed by atoms with E-state index in [9.17, 15) is 78.0 Å². The lowest BCUT2D eigenvalue weighted by Crippen LogP contribution is -2.54. The highest BCUT2D eigenvalue weighted by Gasteiger charge is 2.39. The summed E-state index contributed by atoms with van der Waals surface area (Å²) in [5.41, 5.74) is 9.38. The van der Waals surface area contributed by atoms with Crippen LogP contribution in [0.15, 0.2) is 24.3 Å². The standard InChI is InChI=1S/C46H60N12O16/c1-21(45(73)57-15-3-5-27(57)41(47)69)55-31(61)19-53-43(71)25(17-33(63)64)51-13-11-49-23-7-8-24(36-35(23)39(67)37-29(59)9-10-30(60)38(37)40(36)68)50-12-14-52-26(18-34(65)66)44(72)54-20-32(62)56-22(2)46(74)58-16-4-6-28(58)42(48)70/h7-10,21-22,25-28,49-52,59-60H,3-6,11-20H2,1-2H3,(H2,47,69)(H2,48,70)(H,53,71)(H,54,72)(H,55,61)(H,56,62)(H,63,64)(H,65,66)/t21-,22-,25-,26-,27-,28-/m0/s1. The van der Waals surface area contributed by atoms with Gasteiger partial charge >= 0.3 is 11.9 Å². The number of nitrogens with one attached hydrogen (secondary N) is 8. The minimum atomic E-state index is -1.39. The number of rotatable bonds is 26. The van der Waals surface area contributed by atoms with E-state index in [2.05, 4.69) is 42.5 Å². The summed E-state index contributed by atoms with van der Waals surface area (Å²) in [5.74, 6) is -11.5. The number of nitrogens with zero attached hydrogens (tertiary/aromatic N) is 2. The first-order valence-electron chi connectivity index (χ1n) is 23.5. The van der Waals surface area contributed by atoms with Gasteiger partial charge in [-0.2, -0.15) is 0 Å². The monoisotopic (exact) mass is 1040 g/mol. The maximum Gasteiger partial charge on any atom is 0.305 e. The minimum absolute atomic E-state index is 0.0414. The average Bonchev–Trinajstić information content (AvgIpc) is 4.05. The molecule has 3 aliphatic rings. The highest BCUT2D eigenvalue weighted by molar-refractivity contribution is 6.33. The number of aliphatic carboxylic acids is 2. The van der Waals surface area contributed by atoms with Crippen LogP contribution in [0.1, 0.15) is 84.2 Å². The van der Waals surface area contributed by atoms with Crippen molar-refractivity contribution in [2.45, 2.75) is 88.6 Å². The Hall–Kier alpha value is -8.40. The second kappa shape index (κ2) is 25.3. The Morgan fingerprint density at radius 3 is 1.28 bits per heavy atom. The van der Waals surface area contributed by atoms with Crippen molar-refractivity contribution in [2.24, 2.45) is 11.5 Å².